The zero-order valence-corrected chi connectivity index (χ0v) is 39.0. The molecule has 6 unspecified atom stereocenters. The summed E-state index contributed by atoms with van der Waals surface area (Å²) in [4.78, 5) is 37.5. The van der Waals surface area contributed by atoms with Crippen LogP contribution in [0.15, 0.2) is 102 Å². The van der Waals surface area contributed by atoms with Gasteiger partial charge in [0.2, 0.25) is 12.0 Å². The quantitative estimate of drug-likeness (QED) is 0.0673. The Balaban J connectivity index is 0.000000187. The first kappa shape index (κ1) is 49.5. The number of nitrogens with zero attached hydrogens (tertiary/aromatic N) is 2. The number of benzene rings is 4. The van der Waals surface area contributed by atoms with E-state index >= 15 is 0 Å². The molecule has 6 fully saturated rings. The van der Waals surface area contributed by atoms with Crippen LogP contribution < -0.4 is 15.4 Å². The van der Waals surface area contributed by atoms with Crippen molar-refractivity contribution in [2.24, 2.45) is 16.8 Å². The van der Waals surface area contributed by atoms with E-state index in [1.807, 2.05) is 93.6 Å². The summed E-state index contributed by atoms with van der Waals surface area (Å²) in [5.74, 6) is 0.985. The lowest BCUT2D eigenvalue weighted by molar-refractivity contribution is -0.313. The van der Waals surface area contributed by atoms with Gasteiger partial charge in [-0.2, -0.15) is 4.99 Å². The van der Waals surface area contributed by atoms with E-state index < -0.39 is 29.5 Å². The van der Waals surface area contributed by atoms with Crippen LogP contribution in [0, 0.1) is 23.4 Å². The molecule has 4 saturated heterocycles. The number of aliphatic hydroxyl groups is 2. The number of ether oxygens (including phenoxy) is 5. The van der Waals surface area contributed by atoms with Crippen molar-refractivity contribution in [2.45, 2.75) is 134 Å². The van der Waals surface area contributed by atoms with Crippen LogP contribution in [0.4, 0.5) is 21.9 Å². The van der Waals surface area contributed by atoms with E-state index in [0.29, 0.717) is 17.1 Å². The molecule has 4 aromatic carbocycles. The molecule has 6 aliphatic rings. The number of hydrogen-bond donors (Lipinski definition) is 4. The van der Waals surface area contributed by atoms with E-state index in [1.54, 1.807) is 44.6 Å². The zero-order valence-electron chi connectivity index (χ0n) is 39.0. The third kappa shape index (κ3) is 11.9. The second kappa shape index (κ2) is 20.7. The van der Waals surface area contributed by atoms with Crippen molar-refractivity contribution >= 4 is 35.1 Å². The summed E-state index contributed by atoms with van der Waals surface area (Å²) in [5, 5.41) is 33.5. The number of nitrogens with one attached hydrogen (secondary N) is 2. The Hall–Kier alpha value is -5.91. The van der Waals surface area contributed by atoms with Crippen molar-refractivity contribution in [1.82, 2.24) is 0 Å². The number of anilines is 2. The molecule has 14 heteroatoms. The number of aliphatic hydroxyl groups excluding tert-OH is 2. The fourth-order valence-electron chi connectivity index (χ4n) is 9.64. The van der Waals surface area contributed by atoms with Crippen LogP contribution in [0.5, 0.6) is 5.75 Å². The molecular weight excluding hydrogens is 841 g/mol. The lowest BCUT2D eigenvalue weighted by Gasteiger charge is -2.59. The summed E-state index contributed by atoms with van der Waals surface area (Å²) < 4.78 is 28.4. The molecule has 350 valence electrons. The number of aliphatic imine (C=N–C) groups is 1. The summed E-state index contributed by atoms with van der Waals surface area (Å²) >= 11 is 0. The second-order valence-electron chi connectivity index (χ2n) is 19.0. The molecule has 4 bridgehead atoms. The minimum atomic E-state index is -0.752. The Morgan fingerprint density at radius 3 is 1.58 bits per heavy atom. The summed E-state index contributed by atoms with van der Waals surface area (Å²) in [6, 6.07) is 30.1. The van der Waals surface area contributed by atoms with E-state index in [4.69, 9.17) is 28.9 Å². The highest BCUT2D eigenvalue weighted by atomic mass is 16.6. The smallest absolute Gasteiger partial charge is 0.411 e. The number of amides is 2. The molecule has 14 nitrogen and oxygen atoms in total. The zero-order chi connectivity index (χ0) is 47.9. The first-order valence-corrected chi connectivity index (χ1v) is 22.3. The Kier molecular flexibility index (Phi) is 15.5. The molecule has 4 N–H and O–H groups in total. The van der Waals surface area contributed by atoms with Crippen molar-refractivity contribution in [3.05, 3.63) is 119 Å². The maximum absolute atomic E-state index is 12.7. The summed E-state index contributed by atoms with van der Waals surface area (Å²) in [6.45, 7) is 13.5. The average molecular weight is 903 g/mol. The predicted molar refractivity (Wildman–Crippen MR) is 249 cm³/mol. The van der Waals surface area contributed by atoms with Crippen LogP contribution in [0.2, 0.25) is 0 Å². The summed E-state index contributed by atoms with van der Waals surface area (Å²) in [5.41, 5.74) is 4.61. The monoisotopic (exact) mass is 902 g/mol. The molecule has 4 heterocycles. The van der Waals surface area contributed by atoms with Crippen LogP contribution in [0.25, 0.3) is 0 Å². The van der Waals surface area contributed by atoms with Crippen molar-refractivity contribution in [2.75, 3.05) is 17.7 Å². The highest BCUT2D eigenvalue weighted by molar-refractivity contribution is 5.88. The SMILES string of the molecule is CC1(C)OC2(C)C(O)CC1CC2O.COC1CC2CC(OC(=O)Nc3ccc(Cc4ccc(NC(C)=O)cc4)cc3)C1(C)OC2(C)C.N#COc1ccc(Cc2ccc(N=C=O)cc2)cc1. The van der Waals surface area contributed by atoms with Gasteiger partial charge in [0.05, 0.1) is 35.2 Å². The van der Waals surface area contributed by atoms with E-state index in [1.165, 1.54) is 13.0 Å². The minimum Gasteiger partial charge on any atom is -0.443 e. The highest BCUT2D eigenvalue weighted by Gasteiger charge is 2.61. The molecule has 4 aromatic rings. The average Bonchev–Trinajstić information content (AvgIpc) is 3.25. The van der Waals surface area contributed by atoms with Gasteiger partial charge in [0.1, 0.15) is 23.1 Å². The molecule has 66 heavy (non-hydrogen) atoms. The number of hydrogen-bond acceptors (Lipinski definition) is 12. The molecular formula is C52H62N4O10. The molecule has 4 aliphatic heterocycles. The van der Waals surface area contributed by atoms with Crippen molar-refractivity contribution in [1.29, 1.82) is 5.26 Å². The van der Waals surface area contributed by atoms with Gasteiger partial charge in [0.25, 0.3) is 6.26 Å². The Morgan fingerprint density at radius 1 is 0.682 bits per heavy atom. The van der Waals surface area contributed by atoms with Gasteiger partial charge in [-0.1, -0.05) is 48.5 Å². The molecule has 0 radical (unpaired) electrons. The number of rotatable bonds is 10. The third-order valence-electron chi connectivity index (χ3n) is 13.6. The number of isocyanates is 1. The maximum atomic E-state index is 12.7. The van der Waals surface area contributed by atoms with Gasteiger partial charge in [0.15, 0.2) is 0 Å². The number of carbonyl (C=O) groups is 2. The van der Waals surface area contributed by atoms with E-state index in [2.05, 4.69) is 29.5 Å². The normalized spacial score (nSPS) is 27.2. The summed E-state index contributed by atoms with van der Waals surface area (Å²) in [6.07, 6.45) is 5.80. The number of nitriles is 1. The third-order valence-corrected chi connectivity index (χ3v) is 13.6. The summed E-state index contributed by atoms with van der Waals surface area (Å²) in [7, 11) is 1.68. The first-order valence-electron chi connectivity index (χ1n) is 22.3. The number of methoxy groups -OCH3 is 1. The standard InChI is InChI=1S/C27H34N2O5.C15H10N2O2.C10H18O3/c1-17(30)28-21-10-6-18(7-11-21)14-19-8-12-22(13-9-19)29-25(31)33-24-16-20-15-23(32-5)27(24,4)34-26(20,2)3;16-10-19-15-7-3-13(4-8-15)9-12-1-5-14(6-2-12)17-11-18;1-9(2)6-4-7(11)10(3,13-9)8(12)5-6/h6-13,20,23-24H,14-16H2,1-5H3,(H,28,30)(H,29,31);1-8H,9H2;6-8,11-12H,4-5H2,1-3H3. The van der Waals surface area contributed by atoms with Gasteiger partial charge in [-0.25, -0.2) is 9.59 Å². The van der Waals surface area contributed by atoms with Gasteiger partial charge in [0, 0.05) is 25.4 Å². The first-order chi connectivity index (χ1) is 31.3. The Labute approximate surface area is 387 Å². The number of fused-ring (bicyclic) bond motifs is 6. The van der Waals surface area contributed by atoms with Crippen LogP contribution in [-0.4, -0.2) is 82.2 Å². The van der Waals surface area contributed by atoms with Gasteiger partial charge in [-0.05, 0) is 163 Å². The van der Waals surface area contributed by atoms with E-state index in [-0.39, 0.29) is 41.2 Å². The van der Waals surface area contributed by atoms with Crippen molar-refractivity contribution < 1.29 is 48.3 Å². The molecule has 2 amide bonds. The van der Waals surface area contributed by atoms with Crippen LogP contribution in [0.3, 0.4) is 0 Å². The molecule has 2 saturated carbocycles. The Morgan fingerprint density at radius 2 is 1.12 bits per heavy atom. The van der Waals surface area contributed by atoms with Gasteiger partial charge in [-0.3, -0.25) is 10.1 Å². The highest BCUT2D eigenvalue weighted by Crippen LogP contribution is 2.52. The molecule has 6 atom stereocenters. The second-order valence-corrected chi connectivity index (χ2v) is 19.0. The topological polar surface area (TPSA) is 198 Å². The molecule has 2 aliphatic carbocycles. The van der Waals surface area contributed by atoms with Gasteiger partial charge < -0.3 is 39.2 Å². The van der Waals surface area contributed by atoms with Crippen molar-refractivity contribution in [3.63, 3.8) is 0 Å². The Bertz CT molecular complexity index is 2360. The van der Waals surface area contributed by atoms with Gasteiger partial charge in [-0.15, -0.1) is 5.26 Å². The maximum Gasteiger partial charge on any atom is 0.411 e. The van der Waals surface area contributed by atoms with Crippen LogP contribution in [0.1, 0.15) is 96.4 Å². The largest absolute Gasteiger partial charge is 0.443 e. The van der Waals surface area contributed by atoms with Crippen LogP contribution in [-0.2, 0) is 41.4 Å². The lowest BCUT2D eigenvalue weighted by Crippen LogP contribution is -2.69. The lowest BCUT2D eigenvalue weighted by atomic mass is 9.65. The predicted octanol–water partition coefficient (Wildman–Crippen LogP) is 8.94. The fourth-order valence-corrected chi connectivity index (χ4v) is 9.64. The van der Waals surface area contributed by atoms with Crippen molar-refractivity contribution in [3.8, 4) is 12.0 Å². The van der Waals surface area contributed by atoms with Crippen LogP contribution >= 0.6 is 0 Å². The molecule has 0 aromatic heterocycles. The van der Waals surface area contributed by atoms with E-state index in [9.17, 15) is 24.6 Å². The fraction of sp³-hybridized carbons (Fsp3) is 0.462. The minimum absolute atomic E-state index is 0.0886. The van der Waals surface area contributed by atoms with Gasteiger partial charge >= 0.3 is 6.09 Å². The number of carbonyl (C=O) groups excluding carboxylic acids is 3. The molecule has 10 rings (SSSR count). The van der Waals surface area contributed by atoms with E-state index in [0.717, 1.165) is 66.5 Å². The molecule has 0 spiro atoms.